The zero-order valence-electron chi connectivity index (χ0n) is 16.3. The van der Waals surface area contributed by atoms with Gasteiger partial charge in [0.15, 0.2) is 0 Å². The molecule has 3 heterocycles. The first-order valence-electron chi connectivity index (χ1n) is 9.49. The van der Waals surface area contributed by atoms with Crippen LogP contribution in [0.2, 0.25) is 4.34 Å². The van der Waals surface area contributed by atoms with Gasteiger partial charge in [0.25, 0.3) is 11.8 Å². The topological polar surface area (TPSA) is 79.4 Å². The summed E-state index contributed by atoms with van der Waals surface area (Å²) in [6.45, 7) is 1.54. The highest BCUT2D eigenvalue weighted by atomic mass is 35.5. The van der Waals surface area contributed by atoms with Gasteiger partial charge in [0.05, 0.1) is 28.9 Å². The molecule has 1 unspecified atom stereocenters. The van der Waals surface area contributed by atoms with Gasteiger partial charge in [-0.2, -0.15) is 0 Å². The molecule has 31 heavy (non-hydrogen) atoms. The number of carbonyl (C=O) groups excluding carboxylic acids is 3. The molecule has 0 bridgehead atoms. The molecule has 0 radical (unpaired) electrons. The lowest BCUT2D eigenvalue weighted by atomic mass is 10.2. The zero-order valence-corrected chi connectivity index (χ0v) is 18.9. The summed E-state index contributed by atoms with van der Waals surface area (Å²) in [7, 11) is 3.26. The van der Waals surface area contributed by atoms with Gasteiger partial charge >= 0.3 is 6.09 Å². The summed E-state index contributed by atoms with van der Waals surface area (Å²) in [5.41, 5.74) is 1.41. The number of carbonyl (C=O) groups is 3. The van der Waals surface area contributed by atoms with Crippen LogP contribution in [-0.4, -0.2) is 67.7 Å². The van der Waals surface area contributed by atoms with Crippen molar-refractivity contribution in [2.24, 2.45) is 0 Å². The highest BCUT2D eigenvalue weighted by Gasteiger charge is 2.34. The van der Waals surface area contributed by atoms with E-state index in [0.717, 1.165) is 5.69 Å². The first kappa shape index (κ1) is 21.8. The molecular formula is C20H19ClN3O5PS. The van der Waals surface area contributed by atoms with Crippen LogP contribution in [0.4, 0.5) is 16.2 Å². The second-order valence-electron chi connectivity index (χ2n) is 6.92. The number of amides is 3. The van der Waals surface area contributed by atoms with E-state index >= 15 is 0 Å². The predicted molar refractivity (Wildman–Crippen MR) is 122 cm³/mol. The zero-order chi connectivity index (χ0) is 22.0. The molecule has 2 aromatic rings. The summed E-state index contributed by atoms with van der Waals surface area (Å²) in [6, 6.07) is 10.5. The van der Waals surface area contributed by atoms with E-state index in [1.54, 1.807) is 41.3 Å². The minimum Gasteiger partial charge on any atom is -0.442 e. The van der Waals surface area contributed by atoms with Gasteiger partial charge in [0.1, 0.15) is 12.7 Å². The maximum atomic E-state index is 12.6. The summed E-state index contributed by atoms with van der Waals surface area (Å²) >= 11 is 7.11. The minimum atomic E-state index is -0.500. The largest absolute Gasteiger partial charge is 0.442 e. The fraction of sp³-hybridized carbons (Fsp3) is 0.300. The molecule has 2 saturated heterocycles. The van der Waals surface area contributed by atoms with Crippen LogP contribution in [0.25, 0.3) is 0 Å². The standard InChI is InChI=1S/C20H19ClN3O5PS/c21-17-6-5-16(31-17)19(26)22(12-30)9-15-10-24(20(27)29-15)14-3-1-13(2-4-14)23-7-8-28-11-18(23)25/h1-6,12,15,30H,7-11H2. The minimum absolute atomic E-state index is 0.0687. The number of rotatable bonds is 6. The van der Waals surface area contributed by atoms with E-state index in [9.17, 15) is 14.4 Å². The molecule has 0 spiro atoms. The van der Waals surface area contributed by atoms with Gasteiger partial charge in [-0.1, -0.05) is 11.6 Å². The molecule has 2 fully saturated rings. The van der Waals surface area contributed by atoms with Gasteiger partial charge in [0.2, 0.25) is 0 Å². The van der Waals surface area contributed by atoms with E-state index in [1.807, 2.05) is 0 Å². The van der Waals surface area contributed by atoms with E-state index in [1.165, 1.54) is 27.1 Å². The van der Waals surface area contributed by atoms with Gasteiger partial charge in [0, 0.05) is 23.8 Å². The van der Waals surface area contributed by atoms with Gasteiger partial charge in [-0.3, -0.25) is 14.5 Å². The van der Waals surface area contributed by atoms with E-state index < -0.39 is 12.2 Å². The van der Waals surface area contributed by atoms with Crippen molar-refractivity contribution in [1.29, 1.82) is 0 Å². The van der Waals surface area contributed by atoms with Crippen LogP contribution in [0.3, 0.4) is 0 Å². The first-order valence-corrected chi connectivity index (χ1v) is 11.3. The van der Waals surface area contributed by atoms with E-state index in [4.69, 9.17) is 21.1 Å². The number of anilines is 2. The van der Waals surface area contributed by atoms with Crippen LogP contribution >= 0.6 is 31.8 Å². The molecule has 0 aliphatic carbocycles. The maximum absolute atomic E-state index is 12.6. The highest BCUT2D eigenvalue weighted by molar-refractivity contribution is 7.19. The molecule has 3 amide bonds. The average Bonchev–Trinajstić information content (AvgIpc) is 3.37. The third kappa shape index (κ3) is 4.75. The summed E-state index contributed by atoms with van der Waals surface area (Å²) in [6.07, 6.45) is -0.985. The molecule has 2 aliphatic rings. The lowest BCUT2D eigenvalue weighted by Crippen LogP contribution is -2.41. The fourth-order valence-corrected chi connectivity index (χ4v) is 4.64. The normalized spacial score (nSPS) is 18.8. The van der Waals surface area contributed by atoms with E-state index in [2.05, 4.69) is 8.86 Å². The van der Waals surface area contributed by atoms with Crippen LogP contribution in [0.15, 0.2) is 36.4 Å². The third-order valence-corrected chi connectivity index (χ3v) is 6.46. The van der Waals surface area contributed by atoms with Crippen molar-refractivity contribution < 1.29 is 23.9 Å². The Morgan fingerprint density at radius 2 is 1.90 bits per heavy atom. The number of thiophene rings is 1. The highest BCUT2D eigenvalue weighted by Crippen LogP contribution is 2.27. The van der Waals surface area contributed by atoms with Gasteiger partial charge in [-0.15, -0.1) is 20.2 Å². The van der Waals surface area contributed by atoms with Crippen molar-refractivity contribution in [3.8, 4) is 0 Å². The Morgan fingerprint density at radius 3 is 2.52 bits per heavy atom. The summed E-state index contributed by atoms with van der Waals surface area (Å²) in [5, 5.41) is 0. The van der Waals surface area contributed by atoms with Crippen molar-refractivity contribution in [3.05, 3.63) is 45.6 Å². The maximum Gasteiger partial charge on any atom is 0.414 e. The molecule has 1 aromatic heterocycles. The van der Waals surface area contributed by atoms with Crippen LogP contribution in [0.1, 0.15) is 9.67 Å². The van der Waals surface area contributed by atoms with Gasteiger partial charge in [-0.05, 0) is 36.4 Å². The van der Waals surface area contributed by atoms with Crippen molar-refractivity contribution in [2.75, 3.05) is 42.6 Å². The molecule has 11 heteroatoms. The average molecular weight is 480 g/mol. The molecule has 2 aliphatic heterocycles. The van der Waals surface area contributed by atoms with Crippen LogP contribution in [-0.2, 0) is 14.3 Å². The van der Waals surface area contributed by atoms with Gasteiger partial charge < -0.3 is 19.3 Å². The summed E-state index contributed by atoms with van der Waals surface area (Å²) in [4.78, 5) is 42.2. The molecule has 1 aromatic carbocycles. The SMILES string of the molecule is O=C(c1ccc(Cl)s1)N(C=P)CC1CN(c2ccc(N3CCOCC3=O)cc2)C(=O)O1. The van der Waals surface area contributed by atoms with Gasteiger partial charge in [-0.25, -0.2) is 4.79 Å². The van der Waals surface area contributed by atoms with Crippen molar-refractivity contribution >= 4 is 67.0 Å². The first-order chi connectivity index (χ1) is 15.0. The Labute approximate surface area is 190 Å². The number of nitrogens with zero attached hydrogens (tertiary/aromatic N) is 3. The van der Waals surface area contributed by atoms with Crippen LogP contribution in [0, 0.1) is 0 Å². The number of ether oxygens (including phenoxy) is 2. The summed E-state index contributed by atoms with van der Waals surface area (Å²) < 4.78 is 11.1. The number of cyclic esters (lactones) is 1. The molecule has 162 valence electrons. The number of halogens is 1. The molecule has 4 rings (SSSR count). The lowest BCUT2D eigenvalue weighted by molar-refractivity contribution is -0.125. The second kappa shape index (κ2) is 9.36. The molecule has 0 N–H and O–H groups in total. The smallest absolute Gasteiger partial charge is 0.414 e. The number of morpholine rings is 1. The summed E-state index contributed by atoms with van der Waals surface area (Å²) in [5.74, 6) is 1.14. The van der Waals surface area contributed by atoms with Crippen molar-refractivity contribution in [2.45, 2.75) is 6.10 Å². The predicted octanol–water partition coefficient (Wildman–Crippen LogP) is 3.13. The van der Waals surface area contributed by atoms with E-state index in [0.29, 0.717) is 34.6 Å². The Morgan fingerprint density at radius 1 is 1.19 bits per heavy atom. The second-order valence-corrected chi connectivity index (χ2v) is 8.89. The molecule has 8 nitrogen and oxygen atoms in total. The Balaban J connectivity index is 1.41. The van der Waals surface area contributed by atoms with E-state index in [-0.39, 0.29) is 25.0 Å². The lowest BCUT2D eigenvalue weighted by Gasteiger charge is -2.27. The Hall–Kier alpha value is -2.45. The van der Waals surface area contributed by atoms with Crippen molar-refractivity contribution in [1.82, 2.24) is 4.90 Å². The molecular weight excluding hydrogens is 461 g/mol. The number of hydrogen-bond acceptors (Lipinski definition) is 6. The number of benzene rings is 1. The van der Waals surface area contributed by atoms with Crippen molar-refractivity contribution in [3.63, 3.8) is 0 Å². The Kier molecular flexibility index (Phi) is 6.57. The Bertz CT molecular complexity index is 1010. The monoisotopic (exact) mass is 479 g/mol. The van der Waals surface area contributed by atoms with Crippen LogP contribution < -0.4 is 9.80 Å². The number of hydrogen-bond donors (Lipinski definition) is 0. The third-order valence-electron chi connectivity index (χ3n) is 4.93. The molecule has 1 atom stereocenters. The molecule has 0 saturated carbocycles. The quantitative estimate of drug-likeness (QED) is 0.595. The van der Waals surface area contributed by atoms with Crippen LogP contribution in [0.5, 0.6) is 0 Å². The fourth-order valence-electron chi connectivity index (χ4n) is 3.42.